The normalized spacial score (nSPS) is 12.0. The van der Waals surface area contributed by atoms with Crippen LogP contribution in [0.25, 0.3) is 11.1 Å². The number of hydrogen-bond donors (Lipinski definition) is 1. The van der Waals surface area contributed by atoms with Crippen LogP contribution in [-0.2, 0) is 0 Å². The van der Waals surface area contributed by atoms with Crippen LogP contribution < -0.4 is 14.2 Å². The molecule has 0 radical (unpaired) electrons. The van der Waals surface area contributed by atoms with Crippen molar-refractivity contribution in [2.75, 3.05) is 13.2 Å². The molecule has 148 valence electrons. The summed E-state index contributed by atoms with van der Waals surface area (Å²) < 4.78 is 87.6. The molecule has 0 heterocycles. The van der Waals surface area contributed by atoms with E-state index >= 15 is 0 Å². The van der Waals surface area contributed by atoms with E-state index in [9.17, 15) is 26.3 Å². The van der Waals surface area contributed by atoms with Gasteiger partial charge in [0.25, 0.3) is 0 Å². The monoisotopic (exact) mass is 396 g/mol. The summed E-state index contributed by atoms with van der Waals surface area (Å²) in [6.45, 7) is -0.0544. The second-order valence-electron chi connectivity index (χ2n) is 5.20. The Morgan fingerprint density at radius 3 is 1.93 bits per heavy atom. The van der Waals surface area contributed by atoms with Crippen LogP contribution in [0.15, 0.2) is 42.5 Å². The smallest absolute Gasteiger partial charge is 0.493 e. The summed E-state index contributed by atoms with van der Waals surface area (Å²) >= 11 is 0. The fourth-order valence-electron chi connectivity index (χ4n) is 2.13. The van der Waals surface area contributed by atoms with Gasteiger partial charge < -0.3 is 19.3 Å². The van der Waals surface area contributed by atoms with E-state index in [-0.39, 0.29) is 36.5 Å². The maximum absolute atomic E-state index is 12.7. The summed E-state index contributed by atoms with van der Waals surface area (Å²) in [6.07, 6.45) is -9.56. The number of aliphatic hydroxyl groups excluding tert-OH is 1. The first-order valence-corrected chi connectivity index (χ1v) is 7.57. The minimum atomic E-state index is -4.97. The van der Waals surface area contributed by atoms with Gasteiger partial charge in [-0.2, -0.15) is 0 Å². The fraction of sp³-hybridized carbons (Fsp3) is 0.294. The first-order valence-electron chi connectivity index (χ1n) is 7.57. The van der Waals surface area contributed by atoms with E-state index in [2.05, 4.69) is 9.47 Å². The van der Waals surface area contributed by atoms with Crippen LogP contribution >= 0.6 is 0 Å². The van der Waals surface area contributed by atoms with Crippen molar-refractivity contribution in [2.24, 2.45) is 0 Å². The number of aliphatic hydroxyl groups is 1. The lowest BCUT2D eigenvalue weighted by molar-refractivity contribution is -0.275. The van der Waals surface area contributed by atoms with E-state index in [4.69, 9.17) is 9.84 Å². The molecule has 0 saturated carbocycles. The van der Waals surface area contributed by atoms with E-state index in [1.807, 2.05) is 0 Å². The Balaban J connectivity index is 2.30. The summed E-state index contributed by atoms with van der Waals surface area (Å²) in [7, 11) is 0. The number of rotatable bonds is 7. The quantitative estimate of drug-likeness (QED) is 0.534. The molecule has 0 saturated heterocycles. The van der Waals surface area contributed by atoms with E-state index in [0.29, 0.717) is 0 Å². The molecule has 0 aromatic heterocycles. The predicted molar refractivity (Wildman–Crippen MR) is 82.4 cm³/mol. The molecule has 2 rings (SSSR count). The maximum Gasteiger partial charge on any atom is 0.573 e. The second-order valence-corrected chi connectivity index (χ2v) is 5.20. The molecule has 0 bridgehead atoms. The topological polar surface area (TPSA) is 47.9 Å². The van der Waals surface area contributed by atoms with Crippen LogP contribution in [-0.4, -0.2) is 31.0 Å². The van der Waals surface area contributed by atoms with Gasteiger partial charge in [-0.25, -0.2) is 0 Å². The average Bonchev–Trinajstić information content (AvgIpc) is 2.53. The number of halogens is 6. The third-order valence-electron chi connectivity index (χ3n) is 3.15. The zero-order valence-corrected chi connectivity index (χ0v) is 13.6. The zero-order valence-electron chi connectivity index (χ0n) is 13.6. The molecule has 10 heteroatoms. The Morgan fingerprint density at radius 2 is 1.37 bits per heavy atom. The van der Waals surface area contributed by atoms with Gasteiger partial charge in [0.2, 0.25) is 0 Å². The van der Waals surface area contributed by atoms with Crippen LogP contribution in [0.5, 0.6) is 17.2 Å². The molecule has 0 fully saturated rings. The van der Waals surface area contributed by atoms with Gasteiger partial charge in [0.1, 0.15) is 17.2 Å². The van der Waals surface area contributed by atoms with Gasteiger partial charge >= 0.3 is 12.7 Å². The summed E-state index contributed by atoms with van der Waals surface area (Å²) in [5.41, 5.74) is 0.186. The highest BCUT2D eigenvalue weighted by Gasteiger charge is 2.33. The van der Waals surface area contributed by atoms with Crippen LogP contribution in [0.3, 0.4) is 0 Å². The summed E-state index contributed by atoms with van der Waals surface area (Å²) in [6, 6.07) is 7.99. The molecule has 4 nitrogen and oxygen atoms in total. The Morgan fingerprint density at radius 1 is 0.778 bits per heavy atom. The van der Waals surface area contributed by atoms with Crippen molar-refractivity contribution in [1.29, 1.82) is 0 Å². The SMILES string of the molecule is OCCCOc1ccc(-c2ccc(OC(F)(F)F)cc2)c(OC(F)(F)F)c1. The summed E-state index contributed by atoms with van der Waals surface area (Å²) in [5, 5.41) is 8.70. The largest absolute Gasteiger partial charge is 0.573 e. The molecular weight excluding hydrogens is 382 g/mol. The maximum atomic E-state index is 12.7. The minimum Gasteiger partial charge on any atom is -0.493 e. The van der Waals surface area contributed by atoms with Gasteiger partial charge in [-0.15, -0.1) is 26.3 Å². The summed E-state index contributed by atoms with van der Waals surface area (Å²) in [4.78, 5) is 0. The van der Waals surface area contributed by atoms with Crippen LogP contribution in [0, 0.1) is 0 Å². The van der Waals surface area contributed by atoms with Crippen LogP contribution in [0.2, 0.25) is 0 Å². The highest BCUT2D eigenvalue weighted by molar-refractivity contribution is 5.72. The van der Waals surface area contributed by atoms with Crippen molar-refractivity contribution < 1.29 is 45.7 Å². The highest BCUT2D eigenvalue weighted by atomic mass is 19.4. The molecule has 0 unspecified atom stereocenters. The van der Waals surface area contributed by atoms with Gasteiger partial charge in [0, 0.05) is 24.7 Å². The average molecular weight is 396 g/mol. The molecule has 1 N–H and O–H groups in total. The molecule has 0 amide bonds. The lowest BCUT2D eigenvalue weighted by atomic mass is 10.0. The van der Waals surface area contributed by atoms with Crippen molar-refractivity contribution in [3.05, 3.63) is 42.5 Å². The molecule has 2 aromatic rings. The molecule has 0 spiro atoms. The Labute approximate surface area is 149 Å². The Hall–Kier alpha value is -2.62. The third kappa shape index (κ3) is 6.89. The summed E-state index contributed by atoms with van der Waals surface area (Å²) in [5.74, 6) is -0.995. The molecule has 0 aliphatic rings. The van der Waals surface area contributed by atoms with Gasteiger partial charge in [-0.05, 0) is 29.8 Å². The third-order valence-corrected chi connectivity index (χ3v) is 3.15. The number of alkyl halides is 6. The van der Waals surface area contributed by atoms with Crippen molar-refractivity contribution in [3.63, 3.8) is 0 Å². The Bertz CT molecular complexity index is 741. The number of hydrogen-bond acceptors (Lipinski definition) is 4. The van der Waals surface area contributed by atoms with Gasteiger partial charge in [0.15, 0.2) is 0 Å². The van der Waals surface area contributed by atoms with E-state index in [0.717, 1.165) is 18.2 Å². The number of ether oxygens (including phenoxy) is 3. The molecule has 0 atom stereocenters. The van der Waals surface area contributed by atoms with Crippen molar-refractivity contribution in [1.82, 2.24) is 0 Å². The minimum absolute atomic E-state index is 0.000363. The van der Waals surface area contributed by atoms with Crippen molar-refractivity contribution in [2.45, 2.75) is 19.1 Å². The van der Waals surface area contributed by atoms with Gasteiger partial charge in [-0.3, -0.25) is 0 Å². The van der Waals surface area contributed by atoms with Crippen LogP contribution in [0.4, 0.5) is 26.3 Å². The van der Waals surface area contributed by atoms with Crippen molar-refractivity contribution in [3.8, 4) is 28.4 Å². The molecule has 27 heavy (non-hydrogen) atoms. The highest BCUT2D eigenvalue weighted by Crippen LogP contribution is 2.37. The number of benzene rings is 2. The first kappa shape index (κ1) is 20.7. The second kappa shape index (κ2) is 8.38. The standard InChI is InChI=1S/C17H14F6O4/c18-16(19,20)26-12-4-2-11(3-5-12)14-7-6-13(25-9-1-8-24)10-15(14)27-17(21,22)23/h2-7,10,24H,1,8-9H2. The fourth-order valence-corrected chi connectivity index (χ4v) is 2.13. The lowest BCUT2D eigenvalue weighted by Gasteiger charge is -2.16. The van der Waals surface area contributed by atoms with E-state index in [1.165, 1.54) is 24.3 Å². The Kier molecular flexibility index (Phi) is 6.42. The van der Waals surface area contributed by atoms with E-state index in [1.54, 1.807) is 0 Å². The molecule has 0 aliphatic carbocycles. The molecule has 0 aliphatic heterocycles. The molecule has 2 aromatic carbocycles. The van der Waals surface area contributed by atoms with E-state index < -0.39 is 24.2 Å². The zero-order chi connectivity index (χ0) is 20.1. The lowest BCUT2D eigenvalue weighted by Crippen LogP contribution is -2.18. The van der Waals surface area contributed by atoms with Gasteiger partial charge in [-0.1, -0.05) is 12.1 Å². The van der Waals surface area contributed by atoms with Crippen molar-refractivity contribution >= 4 is 0 Å². The van der Waals surface area contributed by atoms with Gasteiger partial charge in [0.05, 0.1) is 6.61 Å². The first-order chi connectivity index (χ1) is 12.6. The molecular formula is C17H14F6O4. The van der Waals surface area contributed by atoms with Crippen LogP contribution in [0.1, 0.15) is 6.42 Å². The predicted octanol–water partition coefficient (Wildman–Crippen LogP) is 4.91.